The lowest BCUT2D eigenvalue weighted by Gasteiger charge is -2.36. The zero-order chi connectivity index (χ0) is 19.0. The number of alkyl halides is 3. The maximum Gasteiger partial charge on any atom is 0.416 e. The fourth-order valence-electron chi connectivity index (χ4n) is 3.51. The van der Waals surface area contributed by atoms with Gasteiger partial charge in [-0.3, -0.25) is 4.79 Å². The average Bonchev–Trinajstić information content (AvgIpc) is 3.16. The predicted octanol–water partition coefficient (Wildman–Crippen LogP) is 4.15. The van der Waals surface area contributed by atoms with Gasteiger partial charge in [0, 0.05) is 54.5 Å². The van der Waals surface area contributed by atoms with E-state index in [-0.39, 0.29) is 11.5 Å². The summed E-state index contributed by atoms with van der Waals surface area (Å²) >= 11 is 0. The van der Waals surface area contributed by atoms with Gasteiger partial charge in [-0.15, -0.1) is 0 Å². The summed E-state index contributed by atoms with van der Waals surface area (Å²) in [5.74, 6) is -0.361. The zero-order valence-electron chi connectivity index (χ0n) is 14.5. The van der Waals surface area contributed by atoms with Crippen LogP contribution in [0.3, 0.4) is 0 Å². The molecule has 1 aliphatic heterocycles. The van der Waals surface area contributed by atoms with Gasteiger partial charge < -0.3 is 14.8 Å². The molecule has 1 saturated heterocycles. The Morgan fingerprint density at radius 1 is 0.963 bits per heavy atom. The van der Waals surface area contributed by atoms with E-state index in [1.165, 1.54) is 12.1 Å². The van der Waals surface area contributed by atoms with Gasteiger partial charge in [0.15, 0.2) is 0 Å². The molecule has 1 aliphatic rings. The third-order valence-corrected chi connectivity index (χ3v) is 4.92. The molecule has 140 valence electrons. The molecule has 0 aliphatic carbocycles. The van der Waals surface area contributed by atoms with Crippen LogP contribution >= 0.6 is 0 Å². The number of piperazine rings is 1. The van der Waals surface area contributed by atoms with Crippen molar-refractivity contribution in [2.24, 2.45) is 0 Å². The molecule has 1 N–H and O–H groups in total. The van der Waals surface area contributed by atoms with Crippen molar-refractivity contribution in [1.82, 2.24) is 9.88 Å². The number of halogens is 3. The number of carbonyl (C=O) groups is 1. The molecule has 0 spiro atoms. The van der Waals surface area contributed by atoms with Gasteiger partial charge in [0.1, 0.15) is 0 Å². The molecule has 0 atom stereocenters. The minimum absolute atomic E-state index is 0.0750. The summed E-state index contributed by atoms with van der Waals surface area (Å²) in [5, 5.41) is 1.12. The number of nitrogens with one attached hydrogen (secondary N) is 1. The van der Waals surface area contributed by atoms with E-state index < -0.39 is 11.7 Å². The van der Waals surface area contributed by atoms with E-state index in [1.807, 2.05) is 30.5 Å². The van der Waals surface area contributed by atoms with Crippen molar-refractivity contribution < 1.29 is 18.0 Å². The van der Waals surface area contributed by atoms with Gasteiger partial charge in [0.05, 0.1) is 5.56 Å². The Bertz CT molecular complexity index is 972. The Kier molecular flexibility index (Phi) is 4.30. The predicted molar refractivity (Wildman–Crippen MR) is 97.9 cm³/mol. The summed E-state index contributed by atoms with van der Waals surface area (Å²) in [5.41, 5.74) is 1.42. The van der Waals surface area contributed by atoms with Crippen molar-refractivity contribution >= 4 is 22.5 Å². The monoisotopic (exact) mass is 373 g/mol. The lowest BCUT2D eigenvalue weighted by molar-refractivity contribution is -0.137. The normalized spacial score (nSPS) is 15.4. The van der Waals surface area contributed by atoms with Gasteiger partial charge in [-0.2, -0.15) is 13.2 Å². The molecule has 4 nitrogen and oxygen atoms in total. The highest BCUT2D eigenvalue weighted by Crippen LogP contribution is 2.30. The Balaban J connectivity index is 1.48. The summed E-state index contributed by atoms with van der Waals surface area (Å²) in [4.78, 5) is 19.6. The van der Waals surface area contributed by atoms with E-state index in [4.69, 9.17) is 0 Å². The first kappa shape index (κ1) is 17.5. The van der Waals surface area contributed by atoms with Crippen LogP contribution in [0.15, 0.2) is 54.7 Å². The highest BCUT2D eigenvalue weighted by atomic mass is 19.4. The minimum atomic E-state index is -4.45. The van der Waals surface area contributed by atoms with Crippen molar-refractivity contribution in [3.8, 4) is 0 Å². The van der Waals surface area contributed by atoms with Gasteiger partial charge in [0.2, 0.25) is 0 Å². The number of nitrogens with zero attached hydrogens (tertiary/aromatic N) is 2. The van der Waals surface area contributed by atoms with Crippen molar-refractivity contribution in [2.75, 3.05) is 31.1 Å². The number of H-pyrrole nitrogens is 1. The van der Waals surface area contributed by atoms with Crippen molar-refractivity contribution in [3.05, 3.63) is 65.9 Å². The molecule has 1 aromatic heterocycles. The number of aromatic amines is 1. The van der Waals surface area contributed by atoms with Gasteiger partial charge in [-0.25, -0.2) is 0 Å². The standard InChI is InChI=1S/C20H18F3N3O/c21-20(22,23)15-4-1-3-14(13-15)19(27)26-11-9-25(10-12-26)18-6-2-5-17-16(18)7-8-24-17/h1-8,13,24H,9-12H2. The molecular formula is C20H18F3N3O. The summed E-state index contributed by atoms with van der Waals surface area (Å²) in [6.45, 7) is 2.20. The Morgan fingerprint density at radius 2 is 1.70 bits per heavy atom. The second-order valence-electron chi connectivity index (χ2n) is 6.57. The molecule has 0 unspecified atom stereocenters. The molecular weight excluding hydrogens is 355 g/mol. The lowest BCUT2D eigenvalue weighted by atomic mass is 10.1. The van der Waals surface area contributed by atoms with E-state index in [0.29, 0.717) is 26.2 Å². The second-order valence-corrected chi connectivity index (χ2v) is 6.57. The molecule has 27 heavy (non-hydrogen) atoms. The van der Waals surface area contributed by atoms with Crippen LogP contribution in [-0.2, 0) is 6.18 Å². The van der Waals surface area contributed by atoms with Gasteiger partial charge in [-0.1, -0.05) is 12.1 Å². The molecule has 2 heterocycles. The van der Waals surface area contributed by atoms with Gasteiger partial charge in [0.25, 0.3) is 5.91 Å². The van der Waals surface area contributed by atoms with Crippen molar-refractivity contribution in [3.63, 3.8) is 0 Å². The van der Waals surface area contributed by atoms with Crippen LogP contribution in [0.5, 0.6) is 0 Å². The molecule has 2 aromatic carbocycles. The first-order valence-electron chi connectivity index (χ1n) is 8.71. The molecule has 1 amide bonds. The fraction of sp³-hybridized carbons (Fsp3) is 0.250. The van der Waals surface area contributed by atoms with Crippen LogP contribution in [0.1, 0.15) is 15.9 Å². The first-order chi connectivity index (χ1) is 12.9. The third kappa shape index (κ3) is 3.37. The number of carbonyl (C=O) groups excluding carboxylic acids is 1. The van der Waals surface area contributed by atoms with Crippen molar-refractivity contribution in [2.45, 2.75) is 6.18 Å². The number of rotatable bonds is 2. The average molecular weight is 373 g/mol. The molecule has 3 aromatic rings. The van der Waals surface area contributed by atoms with Crippen LogP contribution in [0.2, 0.25) is 0 Å². The van der Waals surface area contributed by atoms with Crippen LogP contribution in [0, 0.1) is 0 Å². The minimum Gasteiger partial charge on any atom is -0.367 e. The van der Waals surface area contributed by atoms with Gasteiger partial charge >= 0.3 is 6.18 Å². The van der Waals surface area contributed by atoms with Crippen molar-refractivity contribution in [1.29, 1.82) is 0 Å². The topological polar surface area (TPSA) is 39.3 Å². The highest BCUT2D eigenvalue weighted by molar-refractivity contribution is 5.95. The number of hydrogen-bond acceptors (Lipinski definition) is 2. The lowest BCUT2D eigenvalue weighted by Crippen LogP contribution is -2.48. The molecule has 0 bridgehead atoms. The molecule has 0 radical (unpaired) electrons. The SMILES string of the molecule is O=C(c1cccc(C(F)(F)F)c1)N1CCN(c2cccc3[nH]ccc23)CC1. The van der Waals surface area contributed by atoms with E-state index in [2.05, 4.69) is 9.88 Å². The summed E-state index contributed by atoms with van der Waals surface area (Å²) < 4.78 is 38.6. The maximum absolute atomic E-state index is 12.9. The summed E-state index contributed by atoms with van der Waals surface area (Å²) in [7, 11) is 0. The van der Waals surface area contributed by atoms with Gasteiger partial charge in [-0.05, 0) is 36.4 Å². The Hall–Kier alpha value is -2.96. The second kappa shape index (κ2) is 6.64. The number of fused-ring (bicyclic) bond motifs is 1. The van der Waals surface area contributed by atoms with Crippen LogP contribution in [0.4, 0.5) is 18.9 Å². The first-order valence-corrected chi connectivity index (χ1v) is 8.71. The summed E-state index contributed by atoms with van der Waals surface area (Å²) in [6.07, 6.45) is -2.56. The van der Waals surface area contributed by atoms with Crippen LogP contribution in [-0.4, -0.2) is 42.0 Å². The highest BCUT2D eigenvalue weighted by Gasteiger charge is 2.31. The largest absolute Gasteiger partial charge is 0.416 e. The quantitative estimate of drug-likeness (QED) is 0.733. The fourth-order valence-corrected chi connectivity index (χ4v) is 3.51. The number of anilines is 1. The molecule has 7 heteroatoms. The smallest absolute Gasteiger partial charge is 0.367 e. The van der Waals surface area contributed by atoms with E-state index in [1.54, 1.807) is 4.90 Å². The van der Waals surface area contributed by atoms with E-state index in [9.17, 15) is 18.0 Å². The van der Waals surface area contributed by atoms with E-state index in [0.717, 1.165) is 28.7 Å². The number of aromatic nitrogens is 1. The van der Waals surface area contributed by atoms with Crippen LogP contribution in [0.25, 0.3) is 10.9 Å². The van der Waals surface area contributed by atoms with Crippen LogP contribution < -0.4 is 4.90 Å². The Morgan fingerprint density at radius 3 is 2.44 bits per heavy atom. The number of benzene rings is 2. The number of amides is 1. The number of hydrogen-bond donors (Lipinski definition) is 1. The third-order valence-electron chi connectivity index (χ3n) is 4.92. The molecule has 0 saturated carbocycles. The Labute approximate surface area is 154 Å². The zero-order valence-corrected chi connectivity index (χ0v) is 14.5. The maximum atomic E-state index is 12.9. The molecule has 4 rings (SSSR count). The van der Waals surface area contributed by atoms with E-state index >= 15 is 0 Å². The summed E-state index contributed by atoms with van der Waals surface area (Å²) in [6, 6.07) is 12.7. The molecule has 1 fully saturated rings.